The standard InChI is InChI=1S/C22H19FN4O3/c1-29-18-5-3-4-15(20(18)30-2)12-25-22(28)17-13-27-11-10-24-19(21(27)26-17)14-6-8-16(23)9-7-14/h3-11,13H,12H2,1-2H3,(H,25,28). The van der Waals surface area contributed by atoms with Crippen molar-refractivity contribution < 1.29 is 18.7 Å². The van der Waals surface area contributed by atoms with E-state index in [1.807, 2.05) is 12.1 Å². The average molecular weight is 406 g/mol. The van der Waals surface area contributed by atoms with E-state index in [9.17, 15) is 9.18 Å². The van der Waals surface area contributed by atoms with Crippen LogP contribution in [0.25, 0.3) is 16.9 Å². The van der Waals surface area contributed by atoms with Gasteiger partial charge in [-0.25, -0.2) is 9.37 Å². The topological polar surface area (TPSA) is 77.8 Å². The lowest BCUT2D eigenvalue weighted by atomic mass is 10.1. The fourth-order valence-electron chi connectivity index (χ4n) is 3.20. The van der Waals surface area contributed by atoms with Gasteiger partial charge in [-0.15, -0.1) is 0 Å². The lowest BCUT2D eigenvalue weighted by molar-refractivity contribution is 0.0946. The molecule has 4 aromatic rings. The van der Waals surface area contributed by atoms with Gasteiger partial charge in [0.15, 0.2) is 17.1 Å². The summed E-state index contributed by atoms with van der Waals surface area (Å²) in [4.78, 5) is 21.5. The minimum atomic E-state index is -0.339. The number of ether oxygens (including phenoxy) is 2. The van der Waals surface area contributed by atoms with E-state index in [1.165, 1.54) is 12.1 Å². The molecule has 0 aliphatic heterocycles. The summed E-state index contributed by atoms with van der Waals surface area (Å²) in [5.41, 5.74) is 2.80. The van der Waals surface area contributed by atoms with Gasteiger partial charge in [-0.1, -0.05) is 12.1 Å². The molecule has 30 heavy (non-hydrogen) atoms. The number of benzene rings is 2. The number of para-hydroxylation sites is 1. The Morgan fingerprint density at radius 3 is 2.67 bits per heavy atom. The second kappa shape index (κ2) is 8.20. The molecule has 0 unspecified atom stereocenters. The largest absolute Gasteiger partial charge is 0.493 e. The molecule has 0 radical (unpaired) electrons. The quantitative estimate of drug-likeness (QED) is 0.530. The Kier molecular flexibility index (Phi) is 5.30. The molecular formula is C22H19FN4O3. The van der Waals surface area contributed by atoms with Crippen LogP contribution in [0, 0.1) is 5.82 Å². The number of carbonyl (C=O) groups is 1. The van der Waals surface area contributed by atoms with E-state index >= 15 is 0 Å². The monoisotopic (exact) mass is 406 g/mol. The van der Waals surface area contributed by atoms with Crippen LogP contribution in [-0.2, 0) is 6.54 Å². The van der Waals surface area contributed by atoms with E-state index in [0.717, 1.165) is 5.56 Å². The van der Waals surface area contributed by atoms with Gasteiger partial charge in [-0.3, -0.25) is 9.78 Å². The molecule has 0 saturated carbocycles. The molecule has 7 nitrogen and oxygen atoms in total. The predicted molar refractivity (Wildman–Crippen MR) is 109 cm³/mol. The zero-order chi connectivity index (χ0) is 21.1. The van der Waals surface area contributed by atoms with Crippen molar-refractivity contribution in [1.82, 2.24) is 19.7 Å². The molecule has 0 aliphatic carbocycles. The number of amides is 1. The molecule has 2 aromatic heterocycles. The first-order chi connectivity index (χ1) is 14.6. The first-order valence-corrected chi connectivity index (χ1v) is 9.18. The van der Waals surface area contributed by atoms with Crippen LogP contribution in [0.5, 0.6) is 11.5 Å². The van der Waals surface area contributed by atoms with Crippen molar-refractivity contribution in [1.29, 1.82) is 0 Å². The number of hydrogen-bond donors (Lipinski definition) is 1. The molecule has 4 rings (SSSR count). The predicted octanol–water partition coefficient (Wildman–Crippen LogP) is 3.48. The van der Waals surface area contributed by atoms with E-state index in [4.69, 9.17) is 9.47 Å². The van der Waals surface area contributed by atoms with Crippen LogP contribution in [0.15, 0.2) is 61.1 Å². The van der Waals surface area contributed by atoms with Crippen LogP contribution in [0.4, 0.5) is 4.39 Å². The third-order valence-corrected chi connectivity index (χ3v) is 4.65. The van der Waals surface area contributed by atoms with Gasteiger partial charge >= 0.3 is 0 Å². The summed E-state index contributed by atoms with van der Waals surface area (Å²) in [7, 11) is 3.11. The number of nitrogens with zero attached hydrogens (tertiary/aromatic N) is 3. The number of fused-ring (bicyclic) bond motifs is 1. The first kappa shape index (κ1) is 19.4. The van der Waals surface area contributed by atoms with Gasteiger partial charge in [0.05, 0.1) is 14.2 Å². The molecule has 2 aromatic carbocycles. The summed E-state index contributed by atoms with van der Waals surface area (Å²) < 4.78 is 25.6. The van der Waals surface area contributed by atoms with Crippen LogP contribution in [-0.4, -0.2) is 34.5 Å². The molecule has 152 valence electrons. The number of hydrogen-bond acceptors (Lipinski definition) is 5. The van der Waals surface area contributed by atoms with Crippen LogP contribution in [0.1, 0.15) is 16.1 Å². The minimum Gasteiger partial charge on any atom is -0.493 e. The van der Waals surface area contributed by atoms with E-state index in [-0.39, 0.29) is 24.0 Å². The summed E-state index contributed by atoms with van der Waals surface area (Å²) in [5, 5.41) is 2.85. The summed E-state index contributed by atoms with van der Waals surface area (Å²) >= 11 is 0. The third kappa shape index (κ3) is 3.67. The molecule has 0 spiro atoms. The highest BCUT2D eigenvalue weighted by atomic mass is 19.1. The van der Waals surface area contributed by atoms with Gasteiger partial charge in [0, 0.05) is 36.3 Å². The van der Waals surface area contributed by atoms with E-state index < -0.39 is 0 Å². The van der Waals surface area contributed by atoms with Gasteiger partial charge in [0.2, 0.25) is 0 Å². The van der Waals surface area contributed by atoms with Gasteiger partial charge in [0.1, 0.15) is 17.2 Å². The minimum absolute atomic E-state index is 0.244. The molecule has 0 bridgehead atoms. The summed E-state index contributed by atoms with van der Waals surface area (Å²) in [6.45, 7) is 0.246. The zero-order valence-electron chi connectivity index (χ0n) is 16.4. The third-order valence-electron chi connectivity index (χ3n) is 4.65. The van der Waals surface area contributed by atoms with Crippen molar-refractivity contribution in [3.8, 4) is 22.8 Å². The molecule has 2 heterocycles. The summed E-state index contributed by atoms with van der Waals surface area (Å²) in [6, 6.07) is 11.4. The molecule has 1 amide bonds. The highest BCUT2D eigenvalue weighted by molar-refractivity contribution is 5.93. The molecule has 0 saturated heterocycles. The van der Waals surface area contributed by atoms with Gasteiger partial charge in [-0.2, -0.15) is 0 Å². The van der Waals surface area contributed by atoms with Crippen molar-refractivity contribution in [3.05, 3.63) is 78.1 Å². The normalized spacial score (nSPS) is 10.8. The van der Waals surface area contributed by atoms with Gasteiger partial charge < -0.3 is 19.2 Å². The molecule has 1 N–H and O–H groups in total. The number of halogens is 1. The number of carbonyl (C=O) groups excluding carboxylic acids is 1. The second-order valence-electron chi connectivity index (χ2n) is 6.48. The summed E-state index contributed by atoms with van der Waals surface area (Å²) in [6.07, 6.45) is 4.94. The Hall–Kier alpha value is -3.94. The molecule has 0 atom stereocenters. The summed E-state index contributed by atoms with van der Waals surface area (Å²) in [5.74, 6) is 0.487. The maximum atomic E-state index is 13.2. The van der Waals surface area contributed by atoms with E-state index in [2.05, 4.69) is 15.3 Å². The van der Waals surface area contributed by atoms with Gasteiger partial charge in [0.25, 0.3) is 5.91 Å². The Morgan fingerprint density at radius 2 is 1.93 bits per heavy atom. The molecule has 8 heteroatoms. The van der Waals surface area contributed by atoms with Crippen LogP contribution >= 0.6 is 0 Å². The Labute approximate surface area is 172 Å². The van der Waals surface area contributed by atoms with Crippen LogP contribution < -0.4 is 14.8 Å². The number of nitrogens with one attached hydrogen (secondary N) is 1. The highest BCUT2D eigenvalue weighted by Gasteiger charge is 2.16. The van der Waals surface area contributed by atoms with E-state index in [1.54, 1.807) is 55.4 Å². The van der Waals surface area contributed by atoms with E-state index in [0.29, 0.717) is 28.4 Å². The van der Waals surface area contributed by atoms with Crippen LogP contribution in [0.3, 0.4) is 0 Å². The number of rotatable bonds is 6. The number of aromatic nitrogens is 3. The van der Waals surface area contributed by atoms with Crippen molar-refractivity contribution in [2.75, 3.05) is 14.2 Å². The lowest BCUT2D eigenvalue weighted by Gasteiger charge is -2.12. The fourth-order valence-corrected chi connectivity index (χ4v) is 3.20. The lowest BCUT2D eigenvalue weighted by Crippen LogP contribution is -2.23. The Morgan fingerprint density at radius 1 is 1.13 bits per heavy atom. The Bertz CT molecular complexity index is 1200. The van der Waals surface area contributed by atoms with Crippen molar-refractivity contribution in [2.45, 2.75) is 6.54 Å². The van der Waals surface area contributed by atoms with Crippen molar-refractivity contribution in [3.63, 3.8) is 0 Å². The zero-order valence-corrected chi connectivity index (χ0v) is 16.4. The van der Waals surface area contributed by atoms with Crippen molar-refractivity contribution >= 4 is 11.6 Å². The average Bonchev–Trinajstić information content (AvgIpc) is 3.22. The molecular weight excluding hydrogens is 387 g/mol. The maximum Gasteiger partial charge on any atom is 0.271 e. The number of methoxy groups -OCH3 is 2. The second-order valence-corrected chi connectivity index (χ2v) is 6.48. The number of imidazole rings is 1. The van der Waals surface area contributed by atoms with Gasteiger partial charge in [-0.05, 0) is 30.3 Å². The van der Waals surface area contributed by atoms with Crippen molar-refractivity contribution in [2.24, 2.45) is 0 Å². The SMILES string of the molecule is COc1cccc(CNC(=O)c2cn3ccnc(-c4ccc(F)cc4)c3n2)c1OC. The fraction of sp³-hybridized carbons (Fsp3) is 0.136. The van der Waals surface area contributed by atoms with Crippen LogP contribution in [0.2, 0.25) is 0 Å². The first-order valence-electron chi connectivity index (χ1n) is 9.18. The smallest absolute Gasteiger partial charge is 0.271 e. The highest BCUT2D eigenvalue weighted by Crippen LogP contribution is 2.30. The molecule has 0 aliphatic rings. The maximum absolute atomic E-state index is 13.2. The Balaban J connectivity index is 1.59. The molecule has 0 fully saturated rings.